The van der Waals surface area contributed by atoms with Gasteiger partial charge in [0.1, 0.15) is 5.82 Å². The fraction of sp³-hybridized carbons (Fsp3) is 0.278. The Labute approximate surface area is 145 Å². The molecule has 0 saturated carbocycles. The number of nitrogens with one attached hydrogen (secondary N) is 1. The first kappa shape index (κ1) is 16.9. The molecule has 0 radical (unpaired) electrons. The van der Waals surface area contributed by atoms with Crippen molar-refractivity contribution >= 4 is 11.6 Å². The van der Waals surface area contributed by atoms with E-state index >= 15 is 0 Å². The smallest absolute Gasteiger partial charge is 0.276 e. The van der Waals surface area contributed by atoms with E-state index < -0.39 is 0 Å². The normalized spacial score (nSPS) is 10.9. The molecule has 0 atom stereocenters. The van der Waals surface area contributed by atoms with Crippen LogP contribution in [-0.2, 0) is 13.1 Å². The lowest BCUT2D eigenvalue weighted by molar-refractivity contribution is 0.102. The Morgan fingerprint density at radius 2 is 1.88 bits per heavy atom. The van der Waals surface area contributed by atoms with E-state index in [1.807, 2.05) is 20.8 Å². The van der Waals surface area contributed by atoms with E-state index in [9.17, 15) is 9.18 Å². The number of hydrogen-bond donors (Lipinski definition) is 1. The van der Waals surface area contributed by atoms with E-state index in [0.29, 0.717) is 24.5 Å². The fourth-order valence-corrected chi connectivity index (χ4v) is 2.63. The van der Waals surface area contributed by atoms with Crippen molar-refractivity contribution in [2.24, 2.45) is 0 Å². The predicted molar refractivity (Wildman–Crippen MR) is 93.1 cm³/mol. The molecule has 0 bridgehead atoms. The zero-order chi connectivity index (χ0) is 18.0. The molecule has 2 heterocycles. The van der Waals surface area contributed by atoms with Crippen LogP contribution in [0.1, 0.15) is 34.4 Å². The van der Waals surface area contributed by atoms with Gasteiger partial charge in [-0.2, -0.15) is 10.2 Å². The summed E-state index contributed by atoms with van der Waals surface area (Å²) in [6.07, 6.45) is 1.77. The third-order valence-corrected chi connectivity index (χ3v) is 4.06. The van der Waals surface area contributed by atoms with Gasteiger partial charge in [-0.15, -0.1) is 0 Å². The van der Waals surface area contributed by atoms with Crippen LogP contribution in [0, 0.1) is 19.7 Å². The van der Waals surface area contributed by atoms with Crippen LogP contribution in [-0.4, -0.2) is 25.5 Å². The van der Waals surface area contributed by atoms with Gasteiger partial charge in [-0.25, -0.2) is 4.39 Å². The summed E-state index contributed by atoms with van der Waals surface area (Å²) in [5.74, 6) is -0.531. The Kier molecular flexibility index (Phi) is 4.65. The second-order valence-corrected chi connectivity index (χ2v) is 5.84. The number of amides is 1. The van der Waals surface area contributed by atoms with Crippen LogP contribution in [0.3, 0.4) is 0 Å². The summed E-state index contributed by atoms with van der Waals surface area (Å²) < 4.78 is 16.5. The minimum absolute atomic E-state index is 0.264. The van der Waals surface area contributed by atoms with Crippen LogP contribution < -0.4 is 5.32 Å². The number of aryl methyl sites for hydroxylation is 2. The average Bonchev–Trinajstić information content (AvgIpc) is 3.18. The summed E-state index contributed by atoms with van der Waals surface area (Å²) in [5.41, 5.74) is 3.55. The van der Waals surface area contributed by atoms with E-state index in [4.69, 9.17) is 0 Å². The highest BCUT2D eigenvalue weighted by Crippen LogP contribution is 2.21. The Morgan fingerprint density at radius 1 is 1.16 bits per heavy atom. The lowest BCUT2D eigenvalue weighted by Gasteiger charge is -2.06. The maximum Gasteiger partial charge on any atom is 0.276 e. The van der Waals surface area contributed by atoms with Gasteiger partial charge >= 0.3 is 0 Å². The molecule has 0 aliphatic rings. The number of aromatic nitrogens is 4. The lowest BCUT2D eigenvalue weighted by atomic mass is 10.2. The van der Waals surface area contributed by atoms with E-state index in [0.717, 1.165) is 17.0 Å². The first-order valence-electron chi connectivity index (χ1n) is 8.11. The summed E-state index contributed by atoms with van der Waals surface area (Å²) in [5, 5.41) is 11.6. The van der Waals surface area contributed by atoms with Crippen molar-refractivity contribution < 1.29 is 9.18 Å². The number of hydrogen-bond acceptors (Lipinski definition) is 3. The minimum Gasteiger partial charge on any atom is -0.317 e. The molecular weight excluding hydrogens is 321 g/mol. The highest BCUT2D eigenvalue weighted by atomic mass is 19.1. The second-order valence-electron chi connectivity index (χ2n) is 5.84. The Bertz CT molecular complexity index is 895. The number of carbonyl (C=O) groups excluding carboxylic acids is 1. The summed E-state index contributed by atoms with van der Waals surface area (Å²) in [6.45, 7) is 6.91. The lowest BCUT2D eigenvalue weighted by Crippen LogP contribution is -2.14. The maximum absolute atomic E-state index is 13.0. The Morgan fingerprint density at radius 3 is 2.52 bits per heavy atom. The average molecular weight is 341 g/mol. The summed E-state index contributed by atoms with van der Waals surface area (Å²) >= 11 is 0. The Hall–Kier alpha value is -2.96. The molecule has 0 spiro atoms. The van der Waals surface area contributed by atoms with Crippen LogP contribution in [0.4, 0.5) is 10.1 Å². The molecule has 0 aliphatic carbocycles. The zero-order valence-electron chi connectivity index (χ0n) is 14.5. The van der Waals surface area contributed by atoms with E-state index in [1.54, 1.807) is 33.8 Å². The third kappa shape index (κ3) is 3.60. The van der Waals surface area contributed by atoms with Gasteiger partial charge < -0.3 is 5.32 Å². The Balaban J connectivity index is 1.79. The molecule has 0 unspecified atom stereocenters. The van der Waals surface area contributed by atoms with Crippen molar-refractivity contribution in [2.75, 3.05) is 5.32 Å². The van der Waals surface area contributed by atoms with Crippen molar-refractivity contribution in [1.29, 1.82) is 0 Å². The number of halogens is 1. The molecule has 0 fully saturated rings. The molecule has 3 rings (SSSR count). The number of nitrogens with zero attached hydrogens (tertiary/aromatic N) is 4. The first-order valence-corrected chi connectivity index (χ1v) is 8.11. The number of anilines is 1. The number of benzene rings is 1. The predicted octanol–water partition coefficient (Wildman–Crippen LogP) is 3.16. The van der Waals surface area contributed by atoms with Crippen LogP contribution in [0.2, 0.25) is 0 Å². The van der Waals surface area contributed by atoms with Gasteiger partial charge in [-0.05, 0) is 44.5 Å². The van der Waals surface area contributed by atoms with Crippen LogP contribution in [0.5, 0.6) is 0 Å². The van der Waals surface area contributed by atoms with E-state index in [1.165, 1.54) is 12.1 Å². The molecule has 0 saturated heterocycles. The molecular formula is C18H20FN5O. The van der Waals surface area contributed by atoms with Gasteiger partial charge in [0.15, 0.2) is 5.69 Å². The van der Waals surface area contributed by atoms with Gasteiger partial charge in [-0.1, -0.05) is 12.1 Å². The van der Waals surface area contributed by atoms with Crippen LogP contribution >= 0.6 is 0 Å². The molecule has 0 aliphatic heterocycles. The standard InChI is InChI=1S/C18H20FN5O/c1-4-23-10-9-16(22-23)18(25)20-17-12(2)21-24(13(17)3)11-14-5-7-15(19)8-6-14/h5-10H,4,11H2,1-3H3,(H,20,25). The molecule has 6 nitrogen and oxygen atoms in total. The molecule has 2 aromatic heterocycles. The fourth-order valence-electron chi connectivity index (χ4n) is 2.63. The third-order valence-electron chi connectivity index (χ3n) is 4.06. The van der Waals surface area contributed by atoms with Crippen LogP contribution in [0.25, 0.3) is 0 Å². The molecule has 1 aromatic carbocycles. The van der Waals surface area contributed by atoms with Crippen LogP contribution in [0.15, 0.2) is 36.5 Å². The second kappa shape index (κ2) is 6.88. The van der Waals surface area contributed by atoms with Crippen molar-refractivity contribution in [2.45, 2.75) is 33.9 Å². The maximum atomic E-state index is 13.0. The number of rotatable bonds is 5. The van der Waals surface area contributed by atoms with Crippen molar-refractivity contribution in [1.82, 2.24) is 19.6 Å². The SMILES string of the molecule is CCn1ccc(C(=O)Nc2c(C)nn(Cc3ccc(F)cc3)c2C)n1. The zero-order valence-corrected chi connectivity index (χ0v) is 14.5. The van der Waals surface area contributed by atoms with E-state index in [2.05, 4.69) is 15.5 Å². The molecule has 130 valence electrons. The van der Waals surface area contributed by atoms with Gasteiger partial charge in [0.05, 0.1) is 23.6 Å². The van der Waals surface area contributed by atoms with Crippen molar-refractivity contribution in [3.8, 4) is 0 Å². The molecule has 25 heavy (non-hydrogen) atoms. The topological polar surface area (TPSA) is 64.7 Å². The van der Waals surface area contributed by atoms with Gasteiger partial charge in [0.25, 0.3) is 5.91 Å². The number of carbonyl (C=O) groups is 1. The highest BCUT2D eigenvalue weighted by molar-refractivity contribution is 6.03. The quantitative estimate of drug-likeness (QED) is 0.775. The molecule has 3 aromatic rings. The van der Waals surface area contributed by atoms with Crippen molar-refractivity contribution in [3.05, 3.63) is 65.0 Å². The van der Waals surface area contributed by atoms with Crippen molar-refractivity contribution in [3.63, 3.8) is 0 Å². The first-order chi connectivity index (χ1) is 12.0. The van der Waals surface area contributed by atoms with Gasteiger partial charge in [0, 0.05) is 12.7 Å². The highest BCUT2D eigenvalue weighted by Gasteiger charge is 2.17. The summed E-state index contributed by atoms with van der Waals surface area (Å²) in [6, 6.07) is 7.98. The largest absolute Gasteiger partial charge is 0.317 e. The summed E-state index contributed by atoms with van der Waals surface area (Å²) in [7, 11) is 0. The van der Waals surface area contributed by atoms with E-state index in [-0.39, 0.29) is 11.7 Å². The van der Waals surface area contributed by atoms with Gasteiger partial charge in [-0.3, -0.25) is 14.2 Å². The summed E-state index contributed by atoms with van der Waals surface area (Å²) in [4.78, 5) is 12.4. The molecule has 7 heteroatoms. The minimum atomic E-state index is -0.267. The molecule has 1 N–H and O–H groups in total. The monoisotopic (exact) mass is 341 g/mol. The molecule has 1 amide bonds. The van der Waals surface area contributed by atoms with Gasteiger partial charge in [0.2, 0.25) is 0 Å².